The standard InChI is InChI=1S/C24H28N4O2/c1-18-7-9-20(10-8-18)17-26-13-15-27(16-14-26)24(30)21-11-12-23(29)28(25-21)22-6-4-3-5-19(22)2/h3-11,25H,12-17H2,1-2H3. The Morgan fingerprint density at radius 1 is 0.967 bits per heavy atom. The zero-order valence-electron chi connectivity index (χ0n) is 17.6. The van der Waals surface area contributed by atoms with Gasteiger partial charge in [-0.05, 0) is 37.1 Å². The smallest absolute Gasteiger partial charge is 0.271 e. The van der Waals surface area contributed by atoms with Gasteiger partial charge in [-0.3, -0.25) is 19.9 Å². The number of carbonyl (C=O) groups excluding carboxylic acids is 2. The zero-order chi connectivity index (χ0) is 21.1. The van der Waals surface area contributed by atoms with Crippen LogP contribution >= 0.6 is 0 Å². The van der Waals surface area contributed by atoms with E-state index >= 15 is 0 Å². The Morgan fingerprint density at radius 2 is 1.67 bits per heavy atom. The Morgan fingerprint density at radius 3 is 2.37 bits per heavy atom. The molecule has 156 valence electrons. The first-order valence-electron chi connectivity index (χ1n) is 10.4. The molecule has 0 radical (unpaired) electrons. The predicted molar refractivity (Wildman–Crippen MR) is 118 cm³/mol. The van der Waals surface area contributed by atoms with Crippen LogP contribution in [0, 0.1) is 13.8 Å². The van der Waals surface area contributed by atoms with Crippen molar-refractivity contribution in [3.8, 4) is 0 Å². The Kier molecular flexibility index (Phi) is 5.86. The van der Waals surface area contributed by atoms with Gasteiger partial charge in [0, 0.05) is 39.1 Å². The SMILES string of the molecule is Cc1ccc(CN2CCN(C(=O)C3=CCC(=O)N(c4ccccc4C)N3)CC2)cc1. The number of nitrogens with zero attached hydrogens (tertiary/aromatic N) is 3. The maximum Gasteiger partial charge on any atom is 0.271 e. The lowest BCUT2D eigenvalue weighted by molar-refractivity contribution is -0.129. The van der Waals surface area contributed by atoms with E-state index in [2.05, 4.69) is 41.5 Å². The molecule has 2 aliphatic rings. The van der Waals surface area contributed by atoms with E-state index in [1.54, 1.807) is 6.08 Å². The third-order valence-electron chi connectivity index (χ3n) is 5.74. The highest BCUT2D eigenvalue weighted by Crippen LogP contribution is 2.22. The number of piperazine rings is 1. The molecule has 2 aromatic carbocycles. The van der Waals surface area contributed by atoms with Gasteiger partial charge in [0.25, 0.3) is 5.91 Å². The molecule has 0 atom stereocenters. The van der Waals surface area contributed by atoms with Gasteiger partial charge in [0.2, 0.25) is 5.91 Å². The average Bonchev–Trinajstić information content (AvgIpc) is 2.76. The summed E-state index contributed by atoms with van der Waals surface area (Å²) in [6, 6.07) is 16.3. The second kappa shape index (κ2) is 8.71. The number of hydrogen-bond acceptors (Lipinski definition) is 4. The maximum absolute atomic E-state index is 13.1. The molecule has 4 rings (SSSR count). The summed E-state index contributed by atoms with van der Waals surface area (Å²) in [5, 5.41) is 1.50. The highest BCUT2D eigenvalue weighted by molar-refractivity contribution is 6.01. The first kappa shape index (κ1) is 20.2. The second-order valence-electron chi connectivity index (χ2n) is 8.00. The van der Waals surface area contributed by atoms with Crippen LogP contribution in [-0.2, 0) is 16.1 Å². The lowest BCUT2D eigenvalue weighted by atomic mass is 10.1. The van der Waals surface area contributed by atoms with E-state index in [4.69, 9.17) is 0 Å². The van der Waals surface area contributed by atoms with E-state index in [-0.39, 0.29) is 18.2 Å². The number of amides is 2. The molecule has 0 aromatic heterocycles. The molecule has 30 heavy (non-hydrogen) atoms. The maximum atomic E-state index is 13.1. The van der Waals surface area contributed by atoms with E-state index in [1.807, 2.05) is 36.1 Å². The number of nitrogens with one attached hydrogen (secondary N) is 1. The van der Waals surface area contributed by atoms with Crippen molar-refractivity contribution in [2.75, 3.05) is 31.2 Å². The van der Waals surface area contributed by atoms with Gasteiger partial charge < -0.3 is 4.90 Å². The van der Waals surface area contributed by atoms with Crippen LogP contribution in [0.15, 0.2) is 60.3 Å². The van der Waals surface area contributed by atoms with Gasteiger partial charge in [-0.25, -0.2) is 5.01 Å². The van der Waals surface area contributed by atoms with Crippen LogP contribution in [0.5, 0.6) is 0 Å². The fourth-order valence-corrected chi connectivity index (χ4v) is 3.88. The number of benzene rings is 2. The summed E-state index contributed by atoms with van der Waals surface area (Å²) >= 11 is 0. The highest BCUT2D eigenvalue weighted by Gasteiger charge is 2.29. The molecule has 2 aromatic rings. The van der Waals surface area contributed by atoms with E-state index in [0.717, 1.165) is 30.9 Å². The minimum Gasteiger partial charge on any atom is -0.335 e. The summed E-state index contributed by atoms with van der Waals surface area (Å²) in [6.07, 6.45) is 1.92. The van der Waals surface area contributed by atoms with Crippen molar-refractivity contribution in [3.63, 3.8) is 0 Å². The molecular formula is C24H28N4O2. The molecule has 1 fully saturated rings. The van der Waals surface area contributed by atoms with Crippen molar-refractivity contribution in [2.45, 2.75) is 26.8 Å². The largest absolute Gasteiger partial charge is 0.335 e. The summed E-state index contributed by atoms with van der Waals surface area (Å²) in [5.74, 6) is -0.111. The fourth-order valence-electron chi connectivity index (χ4n) is 3.88. The second-order valence-corrected chi connectivity index (χ2v) is 8.00. The van der Waals surface area contributed by atoms with Crippen LogP contribution < -0.4 is 10.4 Å². The van der Waals surface area contributed by atoms with Gasteiger partial charge >= 0.3 is 0 Å². The van der Waals surface area contributed by atoms with Gasteiger partial charge in [0.1, 0.15) is 5.70 Å². The van der Waals surface area contributed by atoms with Gasteiger partial charge in [-0.2, -0.15) is 0 Å². The Bertz CT molecular complexity index is 959. The highest BCUT2D eigenvalue weighted by atomic mass is 16.2. The molecule has 0 aliphatic carbocycles. The van der Waals surface area contributed by atoms with Crippen molar-refractivity contribution in [1.82, 2.24) is 15.2 Å². The minimum atomic E-state index is -0.0660. The molecule has 2 heterocycles. The van der Waals surface area contributed by atoms with E-state index in [9.17, 15) is 9.59 Å². The first-order valence-corrected chi connectivity index (χ1v) is 10.4. The molecule has 2 amide bonds. The first-order chi connectivity index (χ1) is 14.5. The monoisotopic (exact) mass is 404 g/mol. The molecule has 6 heteroatoms. The third kappa shape index (κ3) is 4.39. The van der Waals surface area contributed by atoms with Gasteiger partial charge in [-0.15, -0.1) is 0 Å². The summed E-state index contributed by atoms with van der Waals surface area (Å²) in [7, 11) is 0. The molecule has 0 unspecified atom stereocenters. The van der Waals surface area contributed by atoms with Gasteiger partial charge in [-0.1, -0.05) is 48.0 Å². The van der Waals surface area contributed by atoms with Gasteiger partial charge in [0.15, 0.2) is 0 Å². The molecule has 1 saturated heterocycles. The zero-order valence-corrected chi connectivity index (χ0v) is 17.6. The summed E-state index contributed by atoms with van der Waals surface area (Å²) < 4.78 is 0. The van der Waals surface area contributed by atoms with Crippen molar-refractivity contribution < 1.29 is 9.59 Å². The quantitative estimate of drug-likeness (QED) is 0.852. The van der Waals surface area contributed by atoms with Gasteiger partial charge in [0.05, 0.1) is 5.69 Å². The average molecular weight is 405 g/mol. The topological polar surface area (TPSA) is 55.9 Å². The predicted octanol–water partition coefficient (Wildman–Crippen LogP) is 2.77. The summed E-state index contributed by atoms with van der Waals surface area (Å²) in [6.45, 7) is 8.00. The molecule has 1 N–H and O–H groups in total. The number of hydrazine groups is 1. The number of para-hydroxylation sites is 1. The van der Waals surface area contributed by atoms with Crippen LogP contribution in [0.1, 0.15) is 23.1 Å². The normalized spacial score (nSPS) is 17.5. The molecular weight excluding hydrogens is 376 g/mol. The summed E-state index contributed by atoms with van der Waals surface area (Å²) in [5.41, 5.74) is 7.86. The third-order valence-corrected chi connectivity index (χ3v) is 5.74. The number of aryl methyl sites for hydroxylation is 2. The number of rotatable bonds is 4. The van der Waals surface area contributed by atoms with E-state index in [1.165, 1.54) is 16.1 Å². The lowest BCUT2D eigenvalue weighted by Crippen LogP contribution is -2.53. The van der Waals surface area contributed by atoms with Crippen LogP contribution in [0.2, 0.25) is 0 Å². The van der Waals surface area contributed by atoms with E-state index < -0.39 is 0 Å². The van der Waals surface area contributed by atoms with Crippen molar-refractivity contribution >= 4 is 17.5 Å². The minimum absolute atomic E-state index is 0.0453. The number of hydrogen-bond donors (Lipinski definition) is 1. The van der Waals surface area contributed by atoms with Crippen molar-refractivity contribution in [3.05, 3.63) is 77.0 Å². The molecule has 0 spiro atoms. The number of anilines is 1. The molecule has 6 nitrogen and oxygen atoms in total. The Labute approximate surface area is 177 Å². The Hall–Kier alpha value is -3.12. The fraction of sp³-hybridized carbons (Fsp3) is 0.333. The Balaban J connectivity index is 1.36. The van der Waals surface area contributed by atoms with Crippen LogP contribution in [0.3, 0.4) is 0 Å². The van der Waals surface area contributed by atoms with E-state index in [0.29, 0.717) is 18.8 Å². The van der Waals surface area contributed by atoms with Crippen molar-refractivity contribution in [2.24, 2.45) is 0 Å². The molecule has 2 aliphatic heterocycles. The number of carbonyl (C=O) groups is 2. The van der Waals surface area contributed by atoms with Crippen LogP contribution in [0.4, 0.5) is 5.69 Å². The molecule has 0 bridgehead atoms. The summed E-state index contributed by atoms with van der Waals surface area (Å²) in [4.78, 5) is 29.7. The lowest BCUT2D eigenvalue weighted by Gasteiger charge is -2.37. The molecule has 0 saturated carbocycles. The van der Waals surface area contributed by atoms with Crippen LogP contribution in [-0.4, -0.2) is 47.8 Å². The van der Waals surface area contributed by atoms with Crippen molar-refractivity contribution in [1.29, 1.82) is 0 Å². The van der Waals surface area contributed by atoms with Crippen LogP contribution in [0.25, 0.3) is 0 Å².